The normalized spacial score (nSPS) is 12.3. The van der Waals surface area contributed by atoms with Crippen LogP contribution < -0.4 is 0 Å². The van der Waals surface area contributed by atoms with Crippen molar-refractivity contribution >= 4 is 60.2 Å². The molecule has 9 heteroatoms. The van der Waals surface area contributed by atoms with Crippen LogP contribution in [0.3, 0.4) is 0 Å². The van der Waals surface area contributed by atoms with Crippen LogP contribution in [0.2, 0.25) is 4.47 Å². The molecule has 2 heterocycles. The smallest absolute Gasteiger partial charge is 0.229 e. The Morgan fingerprint density at radius 1 is 1.53 bits per heavy atom. The van der Waals surface area contributed by atoms with Crippen molar-refractivity contribution in [2.24, 2.45) is 0 Å². The molecule has 0 aliphatic carbocycles. The number of thiophene rings is 1. The van der Waals surface area contributed by atoms with E-state index in [1.165, 1.54) is 15.6 Å². The molecule has 0 bridgehead atoms. The van der Waals surface area contributed by atoms with Gasteiger partial charge in [0.1, 0.15) is 0 Å². The van der Waals surface area contributed by atoms with Crippen LogP contribution in [0.5, 0.6) is 0 Å². The number of halogens is 2. The van der Waals surface area contributed by atoms with Crippen LogP contribution in [0.25, 0.3) is 0 Å². The van der Waals surface area contributed by atoms with E-state index in [4.69, 9.17) is 11.6 Å². The highest BCUT2D eigenvalue weighted by molar-refractivity contribution is 9.11. The lowest BCUT2D eigenvalue weighted by atomic mass is 10.3. The largest absolute Gasteiger partial charge is 0.254 e. The number of hydrogen-bond donors (Lipinski definition) is 0. The fourth-order valence-electron chi connectivity index (χ4n) is 1.50. The number of aryl methyl sites for hydroxylation is 1. The Kier molecular flexibility index (Phi) is 4.69. The van der Waals surface area contributed by atoms with Crippen LogP contribution >= 0.6 is 50.2 Å². The van der Waals surface area contributed by atoms with E-state index in [0.29, 0.717) is 12.2 Å². The molecule has 2 aromatic heterocycles. The average Bonchev–Trinajstić information content (AvgIpc) is 2.85. The lowest BCUT2D eigenvalue weighted by Gasteiger charge is -2.15. The van der Waals surface area contributed by atoms with Crippen molar-refractivity contribution in [1.29, 1.82) is 0 Å². The molecule has 0 amide bonds. The van der Waals surface area contributed by atoms with E-state index in [2.05, 4.69) is 20.9 Å². The summed E-state index contributed by atoms with van der Waals surface area (Å²) >= 11 is 11.6. The van der Waals surface area contributed by atoms with Gasteiger partial charge < -0.3 is 0 Å². The zero-order chi connectivity index (χ0) is 14.2. The fourth-order valence-corrected chi connectivity index (χ4v) is 5.79. The third-order valence-corrected chi connectivity index (χ3v) is 7.60. The van der Waals surface area contributed by atoms with Crippen molar-refractivity contribution in [3.63, 3.8) is 0 Å². The Morgan fingerprint density at radius 2 is 2.21 bits per heavy atom. The molecule has 0 saturated heterocycles. The van der Waals surface area contributed by atoms with E-state index < -0.39 is 10.0 Å². The lowest BCUT2D eigenvalue weighted by Crippen LogP contribution is -2.26. The molecule has 0 aromatic carbocycles. The highest BCUT2D eigenvalue weighted by Crippen LogP contribution is 2.30. The first-order chi connectivity index (χ1) is 8.80. The van der Waals surface area contributed by atoms with Crippen LogP contribution in [-0.2, 0) is 16.6 Å². The van der Waals surface area contributed by atoms with Crippen molar-refractivity contribution < 1.29 is 8.42 Å². The second-order valence-corrected chi connectivity index (χ2v) is 9.97. The van der Waals surface area contributed by atoms with E-state index in [1.807, 2.05) is 11.4 Å². The lowest BCUT2D eigenvalue weighted by molar-refractivity contribution is 0.468. The minimum atomic E-state index is -3.54. The van der Waals surface area contributed by atoms with Gasteiger partial charge in [-0.05, 0) is 39.9 Å². The minimum Gasteiger partial charge on any atom is -0.229 e. The summed E-state index contributed by atoms with van der Waals surface area (Å²) in [5, 5.41) is 1.92. The predicted molar refractivity (Wildman–Crippen MR) is 82.5 cm³/mol. The van der Waals surface area contributed by atoms with E-state index in [-0.39, 0.29) is 8.68 Å². The van der Waals surface area contributed by atoms with E-state index in [0.717, 1.165) is 20.7 Å². The van der Waals surface area contributed by atoms with Gasteiger partial charge in [0.15, 0.2) is 8.68 Å². The van der Waals surface area contributed by atoms with Crippen molar-refractivity contribution in [2.45, 2.75) is 17.7 Å². The molecule has 0 radical (unpaired) electrons. The van der Waals surface area contributed by atoms with Crippen molar-refractivity contribution in [3.8, 4) is 0 Å². The summed E-state index contributed by atoms with van der Waals surface area (Å²) < 4.78 is 27.5. The van der Waals surface area contributed by atoms with Crippen LogP contribution in [0.15, 0.2) is 19.4 Å². The third-order valence-electron chi connectivity index (χ3n) is 2.40. The van der Waals surface area contributed by atoms with E-state index >= 15 is 0 Å². The summed E-state index contributed by atoms with van der Waals surface area (Å²) in [4.78, 5) is 3.94. The van der Waals surface area contributed by atoms with Gasteiger partial charge in [0.2, 0.25) is 0 Å². The van der Waals surface area contributed by atoms with Gasteiger partial charge in [0, 0.05) is 13.6 Å². The average molecular weight is 402 g/mol. The van der Waals surface area contributed by atoms with E-state index in [1.54, 1.807) is 14.0 Å². The molecular weight excluding hydrogens is 392 g/mol. The maximum atomic E-state index is 12.4. The summed E-state index contributed by atoms with van der Waals surface area (Å²) in [6, 6.07) is 1.91. The van der Waals surface area contributed by atoms with Crippen LogP contribution in [0, 0.1) is 6.92 Å². The molecule has 0 fully saturated rings. The summed E-state index contributed by atoms with van der Waals surface area (Å²) in [6.07, 6.45) is 0. The van der Waals surface area contributed by atoms with Crippen molar-refractivity contribution in [2.75, 3.05) is 7.05 Å². The Bertz CT molecular complexity index is 695. The Morgan fingerprint density at radius 3 is 2.68 bits per heavy atom. The van der Waals surface area contributed by atoms with E-state index in [9.17, 15) is 8.42 Å². The van der Waals surface area contributed by atoms with Gasteiger partial charge in [-0.25, -0.2) is 13.4 Å². The van der Waals surface area contributed by atoms with Gasteiger partial charge >= 0.3 is 0 Å². The highest BCUT2D eigenvalue weighted by atomic mass is 79.9. The van der Waals surface area contributed by atoms with Crippen LogP contribution in [0.4, 0.5) is 0 Å². The Hall–Kier alpha value is 0.01000. The summed E-state index contributed by atoms with van der Waals surface area (Å²) in [5.41, 5.74) is 1.38. The fraction of sp³-hybridized carbons (Fsp3) is 0.300. The minimum absolute atomic E-state index is 0.203. The zero-order valence-electron chi connectivity index (χ0n) is 10.1. The van der Waals surface area contributed by atoms with Gasteiger partial charge in [-0.1, -0.05) is 22.9 Å². The second kappa shape index (κ2) is 5.79. The molecule has 2 rings (SSSR count). The summed E-state index contributed by atoms with van der Waals surface area (Å²) in [6.45, 7) is 1.96. The van der Waals surface area contributed by atoms with Gasteiger partial charge in [0.05, 0.1) is 9.48 Å². The SMILES string of the molecule is Cc1nc(Cl)sc1S(=O)(=O)N(C)Cc1csc(Br)c1. The number of thiazole rings is 1. The van der Waals surface area contributed by atoms with Crippen LogP contribution in [0.1, 0.15) is 11.3 Å². The van der Waals surface area contributed by atoms with Crippen molar-refractivity contribution in [3.05, 3.63) is 31.0 Å². The predicted octanol–water partition coefficient (Wildman–Crippen LogP) is 3.75. The Balaban J connectivity index is 2.27. The number of sulfonamides is 1. The molecule has 0 aliphatic rings. The van der Waals surface area contributed by atoms with Gasteiger partial charge in [-0.2, -0.15) is 4.31 Å². The van der Waals surface area contributed by atoms with Gasteiger partial charge in [-0.15, -0.1) is 11.3 Å². The Labute approximate surface area is 133 Å². The van der Waals surface area contributed by atoms with Crippen molar-refractivity contribution in [1.82, 2.24) is 9.29 Å². The van der Waals surface area contributed by atoms with Gasteiger partial charge in [-0.3, -0.25) is 0 Å². The monoisotopic (exact) mass is 400 g/mol. The molecule has 104 valence electrons. The molecule has 0 unspecified atom stereocenters. The molecule has 0 atom stereocenters. The molecule has 4 nitrogen and oxygen atoms in total. The molecule has 0 N–H and O–H groups in total. The third kappa shape index (κ3) is 3.37. The standard InChI is InChI=1S/C10H10BrClN2O2S3/c1-6-9(18-10(12)13-6)19(15,16)14(2)4-7-3-8(11)17-5-7/h3,5H,4H2,1-2H3. The first-order valence-electron chi connectivity index (χ1n) is 5.13. The molecular formula is C10H10BrClN2O2S3. The quantitative estimate of drug-likeness (QED) is 0.784. The molecule has 19 heavy (non-hydrogen) atoms. The number of rotatable bonds is 4. The summed E-state index contributed by atoms with van der Waals surface area (Å²) in [7, 11) is -1.99. The number of hydrogen-bond acceptors (Lipinski definition) is 5. The molecule has 0 aliphatic heterocycles. The maximum Gasteiger partial charge on any atom is 0.254 e. The molecule has 0 saturated carbocycles. The molecule has 2 aromatic rings. The second-order valence-electron chi connectivity index (χ2n) is 3.86. The topological polar surface area (TPSA) is 50.3 Å². The number of nitrogens with zero attached hydrogens (tertiary/aromatic N) is 2. The molecule has 0 spiro atoms. The highest BCUT2D eigenvalue weighted by Gasteiger charge is 2.26. The summed E-state index contributed by atoms with van der Waals surface area (Å²) in [5.74, 6) is 0. The first kappa shape index (κ1) is 15.4. The van der Waals surface area contributed by atoms with Gasteiger partial charge in [0.25, 0.3) is 10.0 Å². The maximum absolute atomic E-state index is 12.4. The first-order valence-corrected chi connectivity index (χ1v) is 9.43. The zero-order valence-corrected chi connectivity index (χ0v) is 14.8. The van der Waals surface area contributed by atoms with Crippen LogP contribution in [-0.4, -0.2) is 24.8 Å². The number of aromatic nitrogens is 1.